The van der Waals surface area contributed by atoms with Gasteiger partial charge in [0.25, 0.3) is 0 Å². The highest BCUT2D eigenvalue weighted by Gasteiger charge is 2.10. The zero-order chi connectivity index (χ0) is 12.8. The molecule has 17 heavy (non-hydrogen) atoms. The van der Waals surface area contributed by atoms with Crippen LogP contribution in [-0.2, 0) is 9.78 Å². The summed E-state index contributed by atoms with van der Waals surface area (Å²) >= 11 is 0. The highest BCUT2D eigenvalue weighted by Crippen LogP contribution is 2.15. The van der Waals surface area contributed by atoms with Crippen LogP contribution in [0, 0.1) is 0 Å². The number of benzene rings is 1. The van der Waals surface area contributed by atoms with E-state index in [4.69, 9.17) is 9.78 Å². The van der Waals surface area contributed by atoms with Crippen molar-refractivity contribution in [3.8, 4) is 0 Å². The molecular weight excluding hydrogens is 216 g/mol. The standard InChI is InChI=1S/C14H20O3/c1-5-11(4)16-17-14(15)13-8-6-12(7-9-13)10(2)3/h6-11H,5H2,1-4H3. The maximum absolute atomic E-state index is 11.6. The molecule has 0 aliphatic rings. The van der Waals surface area contributed by atoms with Crippen LogP contribution in [0.5, 0.6) is 0 Å². The van der Waals surface area contributed by atoms with Gasteiger partial charge in [-0.1, -0.05) is 32.9 Å². The molecule has 0 fully saturated rings. The first-order chi connectivity index (χ1) is 8.04. The van der Waals surface area contributed by atoms with Crippen molar-refractivity contribution in [2.75, 3.05) is 0 Å². The summed E-state index contributed by atoms with van der Waals surface area (Å²) in [6, 6.07) is 7.39. The SMILES string of the molecule is CCC(C)OOC(=O)c1ccc(C(C)C)cc1. The van der Waals surface area contributed by atoms with Gasteiger partial charge >= 0.3 is 5.97 Å². The van der Waals surface area contributed by atoms with E-state index in [1.165, 1.54) is 5.56 Å². The molecule has 1 unspecified atom stereocenters. The minimum Gasteiger partial charge on any atom is -0.293 e. The average molecular weight is 236 g/mol. The lowest BCUT2D eigenvalue weighted by Crippen LogP contribution is -2.12. The quantitative estimate of drug-likeness (QED) is 0.577. The first-order valence-corrected chi connectivity index (χ1v) is 6.02. The molecule has 0 saturated carbocycles. The van der Waals surface area contributed by atoms with E-state index in [1.807, 2.05) is 26.0 Å². The van der Waals surface area contributed by atoms with Gasteiger partial charge in [0.1, 0.15) is 6.10 Å². The third-order valence-corrected chi connectivity index (χ3v) is 2.68. The second kappa shape index (κ2) is 6.40. The van der Waals surface area contributed by atoms with Crippen LogP contribution in [0.2, 0.25) is 0 Å². The first-order valence-electron chi connectivity index (χ1n) is 6.02. The highest BCUT2D eigenvalue weighted by molar-refractivity contribution is 5.88. The Morgan fingerprint density at radius 2 is 1.76 bits per heavy atom. The molecule has 0 aliphatic heterocycles. The molecule has 1 aromatic carbocycles. The van der Waals surface area contributed by atoms with E-state index >= 15 is 0 Å². The fraction of sp³-hybridized carbons (Fsp3) is 0.500. The van der Waals surface area contributed by atoms with Gasteiger partial charge in [-0.05, 0) is 37.0 Å². The van der Waals surface area contributed by atoms with Gasteiger partial charge in [-0.15, -0.1) is 0 Å². The zero-order valence-corrected chi connectivity index (χ0v) is 10.9. The monoisotopic (exact) mass is 236 g/mol. The van der Waals surface area contributed by atoms with E-state index in [0.29, 0.717) is 11.5 Å². The summed E-state index contributed by atoms with van der Waals surface area (Å²) in [6.07, 6.45) is 0.730. The van der Waals surface area contributed by atoms with Crippen molar-refractivity contribution in [2.45, 2.75) is 46.1 Å². The molecule has 0 heterocycles. The summed E-state index contributed by atoms with van der Waals surface area (Å²) in [5, 5.41) is 0. The van der Waals surface area contributed by atoms with Gasteiger partial charge in [0.05, 0.1) is 5.56 Å². The van der Waals surface area contributed by atoms with E-state index in [0.717, 1.165) is 6.42 Å². The third kappa shape index (κ3) is 4.19. The van der Waals surface area contributed by atoms with Crippen LogP contribution in [0.25, 0.3) is 0 Å². The molecule has 1 atom stereocenters. The van der Waals surface area contributed by atoms with Crippen LogP contribution in [0.15, 0.2) is 24.3 Å². The van der Waals surface area contributed by atoms with E-state index < -0.39 is 5.97 Å². The molecule has 3 heteroatoms. The van der Waals surface area contributed by atoms with Gasteiger partial charge in [-0.2, -0.15) is 4.89 Å². The third-order valence-electron chi connectivity index (χ3n) is 2.68. The smallest absolute Gasteiger partial charge is 0.293 e. The molecular formula is C14H20O3. The second-order valence-corrected chi connectivity index (χ2v) is 4.46. The first kappa shape index (κ1) is 13.7. The predicted molar refractivity (Wildman–Crippen MR) is 66.8 cm³/mol. The topological polar surface area (TPSA) is 35.5 Å². The van der Waals surface area contributed by atoms with Crippen LogP contribution in [0.4, 0.5) is 0 Å². The number of carbonyl (C=O) groups excluding carboxylic acids is 1. The summed E-state index contributed by atoms with van der Waals surface area (Å²) in [4.78, 5) is 21.3. The van der Waals surface area contributed by atoms with Gasteiger partial charge in [0, 0.05) is 0 Å². The fourth-order valence-electron chi connectivity index (χ4n) is 1.25. The maximum atomic E-state index is 11.6. The minimum atomic E-state index is -0.444. The van der Waals surface area contributed by atoms with Crippen molar-refractivity contribution in [1.82, 2.24) is 0 Å². The number of hydrogen-bond donors (Lipinski definition) is 0. The van der Waals surface area contributed by atoms with Crippen LogP contribution >= 0.6 is 0 Å². The van der Waals surface area contributed by atoms with Crippen LogP contribution in [0.3, 0.4) is 0 Å². The summed E-state index contributed by atoms with van der Waals surface area (Å²) in [5.74, 6) is 0.0111. The van der Waals surface area contributed by atoms with Crippen molar-refractivity contribution < 1.29 is 14.6 Å². The molecule has 0 bridgehead atoms. The molecule has 0 saturated heterocycles. The Balaban J connectivity index is 2.58. The normalized spacial score (nSPS) is 12.5. The molecule has 0 aliphatic carbocycles. The predicted octanol–water partition coefficient (Wildman–Crippen LogP) is 3.70. The number of carbonyl (C=O) groups is 1. The lowest BCUT2D eigenvalue weighted by atomic mass is 10.0. The molecule has 0 N–H and O–H groups in total. The van der Waals surface area contributed by atoms with E-state index in [2.05, 4.69) is 13.8 Å². The van der Waals surface area contributed by atoms with Crippen molar-refractivity contribution in [3.63, 3.8) is 0 Å². The molecule has 0 amide bonds. The van der Waals surface area contributed by atoms with Crippen LogP contribution < -0.4 is 0 Å². The molecule has 1 aromatic rings. The Morgan fingerprint density at radius 1 is 1.18 bits per heavy atom. The molecule has 0 spiro atoms. The van der Waals surface area contributed by atoms with Gasteiger partial charge in [0.15, 0.2) is 0 Å². The summed E-state index contributed by atoms with van der Waals surface area (Å²) in [7, 11) is 0. The largest absolute Gasteiger partial charge is 0.373 e. The summed E-state index contributed by atoms with van der Waals surface area (Å²) in [6.45, 7) is 8.05. The Bertz CT molecular complexity index is 354. The van der Waals surface area contributed by atoms with Crippen molar-refractivity contribution in [1.29, 1.82) is 0 Å². The lowest BCUT2D eigenvalue weighted by Gasteiger charge is -2.09. The molecule has 1 rings (SSSR count). The number of rotatable bonds is 5. The average Bonchev–Trinajstić information content (AvgIpc) is 2.35. The molecule has 3 nitrogen and oxygen atoms in total. The van der Waals surface area contributed by atoms with Gasteiger partial charge in [-0.25, -0.2) is 4.79 Å². The van der Waals surface area contributed by atoms with E-state index in [1.54, 1.807) is 12.1 Å². The highest BCUT2D eigenvalue weighted by atomic mass is 17.2. The summed E-state index contributed by atoms with van der Waals surface area (Å²) in [5.41, 5.74) is 1.71. The van der Waals surface area contributed by atoms with Crippen LogP contribution in [-0.4, -0.2) is 12.1 Å². The lowest BCUT2D eigenvalue weighted by molar-refractivity contribution is -0.270. The molecule has 0 aromatic heterocycles. The Hall–Kier alpha value is -1.35. The van der Waals surface area contributed by atoms with E-state index in [-0.39, 0.29) is 6.10 Å². The van der Waals surface area contributed by atoms with Crippen molar-refractivity contribution in [3.05, 3.63) is 35.4 Å². The van der Waals surface area contributed by atoms with Crippen LogP contribution in [0.1, 0.15) is 56.0 Å². The Labute approximate surface area is 103 Å². The van der Waals surface area contributed by atoms with E-state index in [9.17, 15) is 4.79 Å². The zero-order valence-electron chi connectivity index (χ0n) is 10.9. The second-order valence-electron chi connectivity index (χ2n) is 4.46. The van der Waals surface area contributed by atoms with Gasteiger partial charge in [-0.3, -0.25) is 4.89 Å². The van der Waals surface area contributed by atoms with Crippen molar-refractivity contribution >= 4 is 5.97 Å². The Morgan fingerprint density at radius 3 is 2.24 bits per heavy atom. The summed E-state index contributed by atoms with van der Waals surface area (Å²) < 4.78 is 0. The van der Waals surface area contributed by atoms with Gasteiger partial charge in [0.2, 0.25) is 0 Å². The minimum absolute atomic E-state index is 0.0751. The van der Waals surface area contributed by atoms with Crippen molar-refractivity contribution in [2.24, 2.45) is 0 Å². The Kier molecular flexibility index (Phi) is 5.16. The maximum Gasteiger partial charge on any atom is 0.373 e. The molecule has 0 radical (unpaired) electrons. The fourth-order valence-corrected chi connectivity index (χ4v) is 1.25. The molecule has 94 valence electrons. The number of hydrogen-bond acceptors (Lipinski definition) is 3. The van der Waals surface area contributed by atoms with Gasteiger partial charge < -0.3 is 0 Å².